The van der Waals surface area contributed by atoms with E-state index >= 15 is 0 Å². The van der Waals surface area contributed by atoms with Crippen molar-refractivity contribution in [2.75, 3.05) is 6.54 Å². The lowest BCUT2D eigenvalue weighted by atomic mass is 9.97. The fourth-order valence-electron chi connectivity index (χ4n) is 4.40. The Morgan fingerprint density at radius 3 is 2.93 bits per heavy atom. The Balaban J connectivity index is 1.37. The van der Waals surface area contributed by atoms with Crippen molar-refractivity contribution in [3.63, 3.8) is 0 Å². The van der Waals surface area contributed by atoms with Gasteiger partial charge in [0.15, 0.2) is 0 Å². The van der Waals surface area contributed by atoms with E-state index in [2.05, 4.69) is 22.1 Å². The number of fused-ring (bicyclic) bond motifs is 4. The van der Waals surface area contributed by atoms with Crippen LogP contribution in [0, 0.1) is 5.92 Å². The molecule has 5 heteroatoms. The molecule has 0 saturated heterocycles. The van der Waals surface area contributed by atoms with E-state index in [4.69, 9.17) is 11.6 Å². The third-order valence-electron chi connectivity index (χ3n) is 5.87. The number of aromatic nitrogens is 2. The van der Waals surface area contributed by atoms with Gasteiger partial charge < -0.3 is 14.9 Å². The molecule has 1 aliphatic rings. The number of para-hydroxylation sites is 1. The highest BCUT2D eigenvalue weighted by molar-refractivity contribution is 6.31. The molecular formula is C23H22ClN3O. The molecule has 0 spiro atoms. The van der Waals surface area contributed by atoms with Crippen LogP contribution in [0.2, 0.25) is 5.02 Å². The summed E-state index contributed by atoms with van der Waals surface area (Å²) in [5.41, 5.74) is 5.85. The van der Waals surface area contributed by atoms with Crippen molar-refractivity contribution < 1.29 is 4.79 Å². The summed E-state index contributed by atoms with van der Waals surface area (Å²) in [5, 5.41) is 3.06. The maximum absolute atomic E-state index is 13.2. The van der Waals surface area contributed by atoms with Crippen molar-refractivity contribution in [1.29, 1.82) is 0 Å². The first-order chi connectivity index (χ1) is 13.6. The number of halogens is 1. The van der Waals surface area contributed by atoms with Gasteiger partial charge in [0.05, 0.1) is 0 Å². The maximum Gasteiger partial charge on any atom is 0.226 e. The van der Waals surface area contributed by atoms with E-state index in [-0.39, 0.29) is 11.8 Å². The molecule has 0 aliphatic carbocycles. The summed E-state index contributed by atoms with van der Waals surface area (Å²) in [5.74, 6) is 0.154. The van der Waals surface area contributed by atoms with E-state index in [1.165, 1.54) is 22.2 Å². The lowest BCUT2D eigenvalue weighted by Gasteiger charge is -2.29. The number of H-pyrrole nitrogens is 2. The van der Waals surface area contributed by atoms with Crippen LogP contribution in [-0.4, -0.2) is 27.3 Å². The number of nitrogens with zero attached hydrogens (tertiary/aromatic N) is 1. The first-order valence-corrected chi connectivity index (χ1v) is 10.1. The van der Waals surface area contributed by atoms with E-state index in [1.54, 1.807) is 0 Å². The first-order valence-electron chi connectivity index (χ1n) is 9.73. The highest BCUT2D eigenvalue weighted by atomic mass is 35.5. The van der Waals surface area contributed by atoms with Crippen LogP contribution in [0.1, 0.15) is 23.7 Å². The van der Waals surface area contributed by atoms with Gasteiger partial charge in [0, 0.05) is 69.7 Å². The third-order valence-corrected chi connectivity index (χ3v) is 6.11. The van der Waals surface area contributed by atoms with Gasteiger partial charge in [0.25, 0.3) is 0 Å². The van der Waals surface area contributed by atoms with Crippen LogP contribution in [0.25, 0.3) is 21.8 Å². The molecule has 4 aromatic rings. The number of nitrogens with one attached hydrogen (secondary N) is 2. The number of carbonyl (C=O) groups is 1. The first kappa shape index (κ1) is 17.4. The molecule has 0 bridgehead atoms. The fraction of sp³-hybridized carbons (Fsp3) is 0.261. The topological polar surface area (TPSA) is 51.9 Å². The second kappa shape index (κ2) is 6.71. The zero-order valence-corrected chi connectivity index (χ0v) is 16.5. The summed E-state index contributed by atoms with van der Waals surface area (Å²) in [7, 11) is 0. The third kappa shape index (κ3) is 2.89. The second-order valence-corrected chi connectivity index (χ2v) is 8.18. The van der Waals surface area contributed by atoms with Crippen LogP contribution in [-0.2, 0) is 24.2 Å². The monoisotopic (exact) mass is 391 g/mol. The molecule has 1 atom stereocenters. The zero-order valence-electron chi connectivity index (χ0n) is 15.8. The van der Waals surface area contributed by atoms with E-state index < -0.39 is 0 Å². The molecule has 142 valence electrons. The van der Waals surface area contributed by atoms with Crippen LogP contribution < -0.4 is 0 Å². The molecule has 4 nitrogen and oxygen atoms in total. The Morgan fingerprint density at radius 1 is 1.18 bits per heavy atom. The van der Waals surface area contributed by atoms with E-state index in [0.717, 1.165) is 40.8 Å². The molecule has 2 aromatic carbocycles. The largest absolute Gasteiger partial charge is 0.361 e. The molecule has 28 heavy (non-hydrogen) atoms. The Labute approximate surface area is 168 Å². The number of hydrogen-bond donors (Lipinski definition) is 2. The van der Waals surface area contributed by atoms with E-state index in [1.807, 2.05) is 48.4 Å². The van der Waals surface area contributed by atoms with Crippen molar-refractivity contribution in [3.8, 4) is 0 Å². The molecule has 1 amide bonds. The van der Waals surface area contributed by atoms with Gasteiger partial charge in [-0.25, -0.2) is 0 Å². The SMILES string of the molecule is C[C@@H](Cc1c[nH]c2ccccc12)C(=O)N1CCc2[nH]c3ccc(Cl)cc3c2C1. The van der Waals surface area contributed by atoms with Gasteiger partial charge in [-0.15, -0.1) is 0 Å². The van der Waals surface area contributed by atoms with E-state index in [0.29, 0.717) is 6.54 Å². The van der Waals surface area contributed by atoms with Gasteiger partial charge in [0.2, 0.25) is 5.91 Å². The lowest BCUT2D eigenvalue weighted by Crippen LogP contribution is -2.39. The van der Waals surface area contributed by atoms with Gasteiger partial charge in [-0.05, 0) is 36.2 Å². The van der Waals surface area contributed by atoms with E-state index in [9.17, 15) is 4.79 Å². The maximum atomic E-state index is 13.2. The van der Waals surface area contributed by atoms with Gasteiger partial charge in [-0.3, -0.25) is 4.79 Å². The molecule has 1 aliphatic heterocycles. The Hall–Kier alpha value is -2.72. The smallest absolute Gasteiger partial charge is 0.226 e. The summed E-state index contributed by atoms with van der Waals surface area (Å²) in [6.07, 6.45) is 3.63. The minimum Gasteiger partial charge on any atom is -0.361 e. The lowest BCUT2D eigenvalue weighted by molar-refractivity contribution is -0.135. The summed E-state index contributed by atoms with van der Waals surface area (Å²) >= 11 is 6.20. The van der Waals surface area contributed by atoms with Gasteiger partial charge in [-0.2, -0.15) is 0 Å². The van der Waals surface area contributed by atoms with Crippen LogP contribution >= 0.6 is 11.6 Å². The van der Waals surface area contributed by atoms with Crippen LogP contribution in [0.15, 0.2) is 48.7 Å². The highest BCUT2D eigenvalue weighted by Crippen LogP contribution is 2.31. The molecule has 3 heterocycles. The van der Waals surface area contributed by atoms with Crippen molar-refractivity contribution in [3.05, 3.63) is 70.5 Å². The summed E-state index contributed by atoms with van der Waals surface area (Å²) in [6.45, 7) is 3.43. The number of benzene rings is 2. The predicted octanol–water partition coefficient (Wildman–Crippen LogP) is 5.07. The molecule has 0 fully saturated rings. The Bertz CT molecular complexity index is 1190. The average Bonchev–Trinajstić information content (AvgIpc) is 3.28. The van der Waals surface area contributed by atoms with Crippen LogP contribution in [0.5, 0.6) is 0 Å². The number of carbonyl (C=O) groups excluding carboxylic acids is 1. The quantitative estimate of drug-likeness (QED) is 0.503. The molecule has 0 unspecified atom stereocenters. The summed E-state index contributed by atoms with van der Waals surface area (Å²) in [6, 6.07) is 14.2. The van der Waals surface area contributed by atoms with Crippen LogP contribution in [0.3, 0.4) is 0 Å². The number of hydrogen-bond acceptors (Lipinski definition) is 1. The molecule has 5 rings (SSSR count). The highest BCUT2D eigenvalue weighted by Gasteiger charge is 2.27. The zero-order chi connectivity index (χ0) is 19.3. The Kier molecular flexibility index (Phi) is 4.17. The predicted molar refractivity (Wildman–Crippen MR) is 114 cm³/mol. The van der Waals surface area contributed by atoms with Crippen molar-refractivity contribution in [2.24, 2.45) is 5.92 Å². The second-order valence-electron chi connectivity index (χ2n) is 7.75. The summed E-state index contributed by atoms with van der Waals surface area (Å²) < 4.78 is 0. The minimum absolute atomic E-state index is 0.0606. The minimum atomic E-state index is -0.0606. The van der Waals surface area contributed by atoms with Gasteiger partial charge >= 0.3 is 0 Å². The number of rotatable bonds is 3. The molecular weight excluding hydrogens is 370 g/mol. The fourth-order valence-corrected chi connectivity index (χ4v) is 4.58. The molecule has 0 radical (unpaired) electrons. The molecule has 2 N–H and O–H groups in total. The van der Waals surface area contributed by atoms with Crippen LogP contribution in [0.4, 0.5) is 0 Å². The van der Waals surface area contributed by atoms with Crippen molar-refractivity contribution in [1.82, 2.24) is 14.9 Å². The number of amides is 1. The standard InChI is InChI=1S/C23H22ClN3O/c1-14(10-15-12-25-20-5-3-2-4-17(15)20)23(28)27-9-8-22-19(13-27)18-11-16(24)6-7-21(18)26-22/h2-7,11-12,14,25-26H,8-10,13H2,1H3/t14-/m0/s1. The summed E-state index contributed by atoms with van der Waals surface area (Å²) in [4.78, 5) is 22.0. The molecule has 2 aromatic heterocycles. The van der Waals surface area contributed by atoms with Gasteiger partial charge in [-0.1, -0.05) is 36.7 Å². The normalized spacial score (nSPS) is 15.1. The molecule has 0 saturated carbocycles. The van der Waals surface area contributed by atoms with Gasteiger partial charge in [0.1, 0.15) is 0 Å². The Morgan fingerprint density at radius 2 is 2.04 bits per heavy atom. The number of aromatic amines is 2. The average molecular weight is 392 g/mol. The van der Waals surface area contributed by atoms with Crippen molar-refractivity contribution in [2.45, 2.75) is 26.3 Å². The van der Waals surface area contributed by atoms with Crippen molar-refractivity contribution >= 4 is 39.3 Å².